The Hall–Kier alpha value is -3.46. The predicted octanol–water partition coefficient (Wildman–Crippen LogP) is 4.27. The van der Waals surface area contributed by atoms with E-state index in [1.165, 1.54) is 5.56 Å². The number of imidazole rings is 1. The van der Waals surface area contributed by atoms with Crippen molar-refractivity contribution in [1.29, 1.82) is 5.26 Å². The van der Waals surface area contributed by atoms with E-state index in [2.05, 4.69) is 16.0 Å². The van der Waals surface area contributed by atoms with Gasteiger partial charge in [-0.25, -0.2) is 4.98 Å². The van der Waals surface area contributed by atoms with Gasteiger partial charge in [0.25, 0.3) is 0 Å². The number of nitrogens with zero attached hydrogens (tertiary/aromatic N) is 2. The summed E-state index contributed by atoms with van der Waals surface area (Å²) in [5, 5.41) is 9.66. The van der Waals surface area contributed by atoms with Crippen molar-refractivity contribution in [2.75, 3.05) is 21.3 Å². The summed E-state index contributed by atoms with van der Waals surface area (Å²) in [4.78, 5) is 7.79. The summed E-state index contributed by atoms with van der Waals surface area (Å²) in [5.41, 5.74) is 5.22. The zero-order chi connectivity index (χ0) is 19.6. The molecule has 0 amide bonds. The molecule has 0 spiro atoms. The number of hydrogen-bond donors (Lipinski definition) is 1. The molecule has 1 heterocycles. The van der Waals surface area contributed by atoms with Gasteiger partial charge in [0.15, 0.2) is 11.5 Å². The molecule has 6 nitrogen and oxygen atoms in total. The summed E-state index contributed by atoms with van der Waals surface area (Å²) in [6.45, 7) is 4.09. The zero-order valence-electron chi connectivity index (χ0n) is 16.0. The van der Waals surface area contributed by atoms with Crippen molar-refractivity contribution < 1.29 is 14.2 Å². The molecule has 1 N–H and O–H groups in total. The van der Waals surface area contributed by atoms with Crippen molar-refractivity contribution in [3.05, 3.63) is 46.8 Å². The van der Waals surface area contributed by atoms with Crippen LogP contribution in [0.25, 0.3) is 22.7 Å². The maximum Gasteiger partial charge on any atom is 0.203 e. The van der Waals surface area contributed by atoms with Gasteiger partial charge in [-0.1, -0.05) is 0 Å². The molecule has 6 heteroatoms. The Morgan fingerprint density at radius 1 is 1.00 bits per heavy atom. The number of H-pyrrole nitrogens is 1. The number of hydrogen-bond acceptors (Lipinski definition) is 5. The van der Waals surface area contributed by atoms with Gasteiger partial charge in [0, 0.05) is 0 Å². The number of nitrogens with one attached hydrogen (secondary N) is 1. The standard InChI is InChI=1S/C21H21N3O3/c1-12-6-16-17(7-13(12)2)24-21(23-16)15(11-22)8-14-9-18(25-3)20(27-5)19(10-14)26-4/h6-10H,1-5H3,(H,23,24). The van der Waals surface area contributed by atoms with Crippen LogP contribution in [0.15, 0.2) is 24.3 Å². The first-order valence-corrected chi connectivity index (χ1v) is 8.39. The fraction of sp³-hybridized carbons (Fsp3) is 0.238. The number of rotatable bonds is 5. The van der Waals surface area contributed by atoms with E-state index in [0.29, 0.717) is 28.6 Å². The van der Waals surface area contributed by atoms with Crippen LogP contribution in [0.5, 0.6) is 17.2 Å². The molecule has 0 radical (unpaired) electrons. The second-order valence-corrected chi connectivity index (χ2v) is 6.17. The van der Waals surface area contributed by atoms with Gasteiger partial charge in [0.2, 0.25) is 5.75 Å². The van der Waals surface area contributed by atoms with Crippen molar-refractivity contribution >= 4 is 22.7 Å². The van der Waals surface area contributed by atoms with Crippen LogP contribution in [0, 0.1) is 25.2 Å². The van der Waals surface area contributed by atoms with Gasteiger partial charge in [0.1, 0.15) is 11.9 Å². The van der Waals surface area contributed by atoms with Crippen LogP contribution in [-0.2, 0) is 0 Å². The minimum absolute atomic E-state index is 0.413. The van der Waals surface area contributed by atoms with E-state index in [-0.39, 0.29) is 0 Å². The molecular weight excluding hydrogens is 342 g/mol. The predicted molar refractivity (Wildman–Crippen MR) is 105 cm³/mol. The van der Waals surface area contributed by atoms with Gasteiger partial charge in [0.05, 0.1) is 37.9 Å². The Balaban J connectivity index is 2.11. The maximum atomic E-state index is 9.66. The van der Waals surface area contributed by atoms with Crippen molar-refractivity contribution in [3.63, 3.8) is 0 Å². The highest BCUT2D eigenvalue weighted by atomic mass is 16.5. The van der Waals surface area contributed by atoms with E-state index >= 15 is 0 Å². The van der Waals surface area contributed by atoms with Crippen molar-refractivity contribution in [2.45, 2.75) is 13.8 Å². The fourth-order valence-electron chi connectivity index (χ4n) is 2.90. The molecule has 0 saturated heterocycles. The van der Waals surface area contributed by atoms with Crippen LogP contribution in [0.3, 0.4) is 0 Å². The molecule has 27 heavy (non-hydrogen) atoms. The highest BCUT2D eigenvalue weighted by Gasteiger charge is 2.14. The minimum Gasteiger partial charge on any atom is -0.493 e. The van der Waals surface area contributed by atoms with Crippen molar-refractivity contribution in [2.24, 2.45) is 0 Å². The summed E-state index contributed by atoms with van der Waals surface area (Å²) >= 11 is 0. The molecule has 0 aliphatic rings. The molecule has 138 valence electrons. The van der Waals surface area contributed by atoms with E-state index in [9.17, 15) is 5.26 Å². The van der Waals surface area contributed by atoms with Gasteiger partial charge < -0.3 is 19.2 Å². The average Bonchev–Trinajstić information content (AvgIpc) is 3.07. The lowest BCUT2D eigenvalue weighted by Crippen LogP contribution is -1.96. The molecule has 0 aliphatic heterocycles. The number of fused-ring (bicyclic) bond motifs is 1. The van der Waals surface area contributed by atoms with Crippen LogP contribution in [0.4, 0.5) is 0 Å². The number of allylic oxidation sites excluding steroid dienone is 1. The lowest BCUT2D eigenvalue weighted by molar-refractivity contribution is 0.324. The highest BCUT2D eigenvalue weighted by Crippen LogP contribution is 2.39. The Morgan fingerprint density at radius 3 is 2.19 bits per heavy atom. The van der Waals surface area contributed by atoms with Gasteiger partial charge in [-0.3, -0.25) is 0 Å². The molecular formula is C21H21N3O3. The second-order valence-electron chi connectivity index (χ2n) is 6.17. The fourth-order valence-corrected chi connectivity index (χ4v) is 2.90. The molecule has 3 aromatic rings. The summed E-state index contributed by atoms with van der Waals surface area (Å²) in [6.07, 6.45) is 1.74. The van der Waals surface area contributed by atoms with Crippen LogP contribution in [0.1, 0.15) is 22.5 Å². The Labute approximate surface area is 158 Å². The maximum absolute atomic E-state index is 9.66. The molecule has 0 unspecified atom stereocenters. The third kappa shape index (κ3) is 3.44. The Bertz CT molecular complexity index is 1010. The van der Waals surface area contributed by atoms with Crippen LogP contribution < -0.4 is 14.2 Å². The first-order chi connectivity index (χ1) is 13.0. The quantitative estimate of drug-likeness (QED) is 0.685. The summed E-state index contributed by atoms with van der Waals surface area (Å²) < 4.78 is 16.1. The van der Waals surface area contributed by atoms with Crippen LogP contribution in [-0.4, -0.2) is 31.3 Å². The number of aryl methyl sites for hydroxylation is 2. The topological polar surface area (TPSA) is 80.2 Å². The van der Waals surface area contributed by atoms with Gasteiger partial charge in [-0.2, -0.15) is 5.26 Å². The van der Waals surface area contributed by atoms with Crippen molar-refractivity contribution in [3.8, 4) is 23.3 Å². The molecule has 0 aliphatic carbocycles. The van der Waals surface area contributed by atoms with Crippen LogP contribution >= 0.6 is 0 Å². The third-order valence-corrected chi connectivity index (χ3v) is 4.47. The van der Waals surface area contributed by atoms with E-state index in [0.717, 1.165) is 22.2 Å². The van der Waals surface area contributed by atoms with Gasteiger partial charge in [-0.15, -0.1) is 0 Å². The lowest BCUT2D eigenvalue weighted by atomic mass is 10.1. The number of ether oxygens (including phenoxy) is 3. The molecule has 2 aromatic carbocycles. The Kier molecular flexibility index (Phi) is 5.04. The summed E-state index contributed by atoms with van der Waals surface area (Å²) in [7, 11) is 4.66. The van der Waals surface area contributed by atoms with E-state index in [1.54, 1.807) is 39.5 Å². The highest BCUT2D eigenvalue weighted by molar-refractivity contribution is 5.91. The third-order valence-electron chi connectivity index (χ3n) is 4.47. The molecule has 3 rings (SSSR count). The largest absolute Gasteiger partial charge is 0.493 e. The first-order valence-electron chi connectivity index (χ1n) is 8.39. The normalized spacial score (nSPS) is 11.3. The van der Waals surface area contributed by atoms with Crippen molar-refractivity contribution in [1.82, 2.24) is 9.97 Å². The molecule has 0 fully saturated rings. The average molecular weight is 363 g/mol. The number of methoxy groups -OCH3 is 3. The molecule has 0 atom stereocenters. The van der Waals surface area contributed by atoms with Gasteiger partial charge in [-0.05, 0) is 60.9 Å². The van der Waals surface area contributed by atoms with E-state index < -0.39 is 0 Å². The second kappa shape index (κ2) is 7.42. The number of aromatic amines is 1. The SMILES string of the molecule is COc1cc(C=C(C#N)c2nc3cc(C)c(C)cc3[nH]2)cc(OC)c1OC. The van der Waals surface area contributed by atoms with E-state index in [4.69, 9.17) is 14.2 Å². The lowest BCUT2D eigenvalue weighted by Gasteiger charge is -2.13. The summed E-state index contributed by atoms with van der Waals surface area (Å²) in [6, 6.07) is 9.84. The molecule has 0 bridgehead atoms. The van der Waals surface area contributed by atoms with Gasteiger partial charge >= 0.3 is 0 Å². The molecule has 1 aromatic heterocycles. The number of nitriles is 1. The number of aromatic nitrogens is 2. The minimum atomic E-state index is 0.413. The zero-order valence-corrected chi connectivity index (χ0v) is 16.0. The smallest absolute Gasteiger partial charge is 0.203 e. The monoisotopic (exact) mass is 363 g/mol. The number of benzene rings is 2. The molecule has 0 saturated carbocycles. The van der Waals surface area contributed by atoms with E-state index in [1.807, 2.05) is 26.0 Å². The Morgan fingerprint density at radius 2 is 1.63 bits per heavy atom. The first kappa shape index (κ1) is 18.3. The van der Waals surface area contributed by atoms with Crippen LogP contribution in [0.2, 0.25) is 0 Å². The summed E-state index contributed by atoms with van der Waals surface area (Å²) in [5.74, 6) is 2.07.